The van der Waals surface area contributed by atoms with Gasteiger partial charge in [0.2, 0.25) is 5.91 Å². The highest BCUT2D eigenvalue weighted by Crippen LogP contribution is 2.33. The van der Waals surface area contributed by atoms with Crippen LogP contribution in [-0.4, -0.2) is 17.0 Å². The number of carbonyl (C=O) groups is 2. The lowest BCUT2D eigenvalue weighted by Gasteiger charge is -2.12. The van der Waals surface area contributed by atoms with Crippen molar-refractivity contribution in [1.29, 1.82) is 0 Å². The van der Waals surface area contributed by atoms with Crippen LogP contribution in [0.1, 0.15) is 24.0 Å². The van der Waals surface area contributed by atoms with Gasteiger partial charge >= 0.3 is 12.1 Å². The molecule has 104 valence electrons. The first-order chi connectivity index (χ1) is 8.70. The van der Waals surface area contributed by atoms with Crippen molar-refractivity contribution >= 4 is 17.6 Å². The van der Waals surface area contributed by atoms with Crippen LogP contribution < -0.4 is 5.32 Å². The Balaban J connectivity index is 2.80. The number of carboxylic acids is 1. The van der Waals surface area contributed by atoms with Crippen LogP contribution >= 0.6 is 0 Å². The molecular formula is C12H12F3NO3. The van der Waals surface area contributed by atoms with Gasteiger partial charge in [-0.2, -0.15) is 13.2 Å². The number of hydrogen-bond donors (Lipinski definition) is 2. The van der Waals surface area contributed by atoms with E-state index in [2.05, 4.69) is 5.32 Å². The number of carbonyl (C=O) groups excluding carboxylic acids is 1. The summed E-state index contributed by atoms with van der Waals surface area (Å²) in [6, 6.07) is 3.41. The average Bonchev–Trinajstić information content (AvgIpc) is 2.27. The first-order valence-electron chi connectivity index (χ1n) is 5.39. The lowest BCUT2D eigenvalue weighted by Crippen LogP contribution is -2.14. The van der Waals surface area contributed by atoms with Gasteiger partial charge in [-0.15, -0.1) is 0 Å². The predicted octanol–water partition coefficient (Wildman–Crippen LogP) is 2.82. The Morgan fingerprint density at radius 3 is 2.42 bits per heavy atom. The van der Waals surface area contributed by atoms with Crippen LogP contribution in [0.15, 0.2) is 18.2 Å². The minimum Gasteiger partial charge on any atom is -0.481 e. The maximum atomic E-state index is 12.6. The van der Waals surface area contributed by atoms with Crippen LogP contribution in [0, 0.1) is 6.92 Å². The quantitative estimate of drug-likeness (QED) is 0.888. The lowest BCUT2D eigenvalue weighted by molar-refractivity contribution is -0.138. The Morgan fingerprint density at radius 1 is 1.26 bits per heavy atom. The number of nitrogens with one attached hydrogen (secondary N) is 1. The van der Waals surface area contributed by atoms with Gasteiger partial charge in [-0.3, -0.25) is 9.59 Å². The summed E-state index contributed by atoms with van der Waals surface area (Å²) < 4.78 is 37.9. The summed E-state index contributed by atoms with van der Waals surface area (Å²) in [6.07, 6.45) is -5.15. The molecule has 7 heteroatoms. The van der Waals surface area contributed by atoms with E-state index in [1.54, 1.807) is 0 Å². The van der Waals surface area contributed by atoms with Gasteiger partial charge in [-0.1, -0.05) is 6.07 Å². The topological polar surface area (TPSA) is 66.4 Å². The summed E-state index contributed by atoms with van der Waals surface area (Å²) in [5.41, 5.74) is -0.784. The van der Waals surface area contributed by atoms with Crippen molar-refractivity contribution in [3.63, 3.8) is 0 Å². The number of aliphatic carboxylic acids is 1. The second-order valence-corrected chi connectivity index (χ2v) is 3.97. The molecule has 0 saturated heterocycles. The first kappa shape index (κ1) is 15.0. The summed E-state index contributed by atoms with van der Waals surface area (Å²) in [4.78, 5) is 21.6. The largest absolute Gasteiger partial charge is 0.481 e. The molecule has 0 spiro atoms. The van der Waals surface area contributed by atoms with E-state index in [0.29, 0.717) is 0 Å². The van der Waals surface area contributed by atoms with Gasteiger partial charge in [0.25, 0.3) is 0 Å². The number of amides is 1. The Kier molecular flexibility index (Phi) is 4.52. The van der Waals surface area contributed by atoms with Gasteiger partial charge in [-0.05, 0) is 24.6 Å². The summed E-state index contributed by atoms with van der Waals surface area (Å²) in [7, 11) is 0. The van der Waals surface area contributed by atoms with E-state index in [4.69, 9.17) is 5.11 Å². The number of alkyl halides is 3. The molecule has 0 heterocycles. The molecule has 0 unspecified atom stereocenters. The third-order valence-electron chi connectivity index (χ3n) is 2.39. The van der Waals surface area contributed by atoms with Crippen molar-refractivity contribution in [2.75, 3.05) is 5.32 Å². The van der Waals surface area contributed by atoms with E-state index in [-0.39, 0.29) is 24.1 Å². The van der Waals surface area contributed by atoms with Crippen LogP contribution in [0.5, 0.6) is 0 Å². The summed E-state index contributed by atoms with van der Waals surface area (Å²) >= 11 is 0. The number of halogens is 3. The zero-order valence-electron chi connectivity index (χ0n) is 10.0. The van der Waals surface area contributed by atoms with Crippen molar-refractivity contribution in [3.05, 3.63) is 29.3 Å². The number of anilines is 1. The molecule has 19 heavy (non-hydrogen) atoms. The number of benzene rings is 1. The van der Waals surface area contributed by atoms with E-state index in [9.17, 15) is 22.8 Å². The molecular weight excluding hydrogens is 263 g/mol. The maximum absolute atomic E-state index is 12.6. The highest BCUT2D eigenvalue weighted by molar-refractivity contribution is 5.92. The lowest BCUT2D eigenvalue weighted by atomic mass is 10.1. The molecule has 0 aliphatic rings. The maximum Gasteiger partial charge on any atom is 0.416 e. The van der Waals surface area contributed by atoms with Crippen molar-refractivity contribution in [3.8, 4) is 0 Å². The molecule has 1 rings (SSSR count). The highest BCUT2D eigenvalue weighted by atomic mass is 19.4. The fraction of sp³-hybridized carbons (Fsp3) is 0.333. The second-order valence-electron chi connectivity index (χ2n) is 3.97. The zero-order valence-corrected chi connectivity index (χ0v) is 10.0. The average molecular weight is 275 g/mol. The van der Waals surface area contributed by atoms with Crippen molar-refractivity contribution in [1.82, 2.24) is 0 Å². The van der Waals surface area contributed by atoms with E-state index >= 15 is 0 Å². The summed E-state index contributed by atoms with van der Waals surface area (Å²) in [5, 5.41) is 10.6. The third-order valence-corrected chi connectivity index (χ3v) is 2.39. The van der Waals surface area contributed by atoms with Gasteiger partial charge in [-0.25, -0.2) is 0 Å². The van der Waals surface area contributed by atoms with E-state index in [1.807, 2.05) is 0 Å². The third kappa shape index (κ3) is 4.61. The normalized spacial score (nSPS) is 11.2. The van der Waals surface area contributed by atoms with Crippen LogP contribution in [0.3, 0.4) is 0 Å². The van der Waals surface area contributed by atoms with Crippen molar-refractivity contribution in [2.45, 2.75) is 25.9 Å². The van der Waals surface area contributed by atoms with Gasteiger partial charge in [0.15, 0.2) is 0 Å². The Hall–Kier alpha value is -2.05. The molecule has 1 aromatic carbocycles. The Bertz CT molecular complexity index is 497. The standard InChI is InChI=1S/C12H12F3NO3/c1-7-2-3-8(6-9(7)12(13,14)15)16-10(17)4-5-11(18)19/h2-3,6H,4-5H2,1H3,(H,16,17)(H,18,19). The first-order valence-corrected chi connectivity index (χ1v) is 5.39. The smallest absolute Gasteiger partial charge is 0.416 e. The molecule has 1 amide bonds. The van der Waals surface area contributed by atoms with Crippen LogP contribution in [0.4, 0.5) is 18.9 Å². The molecule has 0 fully saturated rings. The van der Waals surface area contributed by atoms with Gasteiger partial charge < -0.3 is 10.4 Å². The molecule has 0 radical (unpaired) electrons. The highest BCUT2D eigenvalue weighted by Gasteiger charge is 2.32. The minimum atomic E-state index is -4.49. The van der Waals surface area contributed by atoms with Crippen LogP contribution in [0.2, 0.25) is 0 Å². The summed E-state index contributed by atoms with van der Waals surface area (Å²) in [6.45, 7) is 1.32. The zero-order chi connectivity index (χ0) is 14.6. The molecule has 4 nitrogen and oxygen atoms in total. The molecule has 0 aromatic heterocycles. The minimum absolute atomic E-state index is 0.00619. The fourth-order valence-corrected chi connectivity index (χ4v) is 1.45. The monoisotopic (exact) mass is 275 g/mol. The van der Waals surface area contributed by atoms with E-state index in [1.165, 1.54) is 19.1 Å². The molecule has 2 N–H and O–H groups in total. The Morgan fingerprint density at radius 2 is 1.89 bits per heavy atom. The SMILES string of the molecule is Cc1ccc(NC(=O)CCC(=O)O)cc1C(F)(F)F. The van der Waals surface area contributed by atoms with Crippen molar-refractivity contribution in [2.24, 2.45) is 0 Å². The van der Waals surface area contributed by atoms with Gasteiger partial charge in [0.1, 0.15) is 0 Å². The van der Waals surface area contributed by atoms with E-state index < -0.39 is 23.6 Å². The molecule has 0 atom stereocenters. The summed E-state index contributed by atoms with van der Waals surface area (Å²) in [5.74, 6) is -1.78. The van der Waals surface area contributed by atoms with Gasteiger partial charge in [0, 0.05) is 12.1 Å². The molecule has 1 aromatic rings. The predicted molar refractivity (Wildman–Crippen MR) is 61.7 cm³/mol. The number of hydrogen-bond acceptors (Lipinski definition) is 2. The number of rotatable bonds is 4. The fourth-order valence-electron chi connectivity index (χ4n) is 1.45. The number of aryl methyl sites for hydroxylation is 1. The molecule has 0 saturated carbocycles. The van der Waals surface area contributed by atoms with Gasteiger partial charge in [0.05, 0.1) is 12.0 Å². The molecule has 0 aliphatic carbocycles. The van der Waals surface area contributed by atoms with E-state index in [0.717, 1.165) is 6.07 Å². The molecule has 0 bridgehead atoms. The Labute approximate surface area is 107 Å². The number of carboxylic acid groups (broad SMARTS) is 1. The second kappa shape index (κ2) is 5.73. The van der Waals surface area contributed by atoms with Crippen molar-refractivity contribution < 1.29 is 27.9 Å². The van der Waals surface area contributed by atoms with Crippen LogP contribution in [-0.2, 0) is 15.8 Å². The van der Waals surface area contributed by atoms with Crippen LogP contribution in [0.25, 0.3) is 0 Å². The molecule has 0 aliphatic heterocycles.